The molecule has 328 valence electrons. The molecule has 1 N–H and O–H groups in total. The number of hydrogen-bond acceptors (Lipinski definition) is 6. The van der Waals surface area contributed by atoms with Crippen molar-refractivity contribution in [3.8, 4) is 0 Å². The van der Waals surface area contributed by atoms with E-state index in [-0.39, 0.29) is 25.8 Å². The van der Waals surface area contributed by atoms with E-state index in [0.29, 0.717) is 24.1 Å². The van der Waals surface area contributed by atoms with Gasteiger partial charge in [-0.1, -0.05) is 187 Å². The minimum Gasteiger partial charge on any atom is -0.457 e. The van der Waals surface area contributed by atoms with Gasteiger partial charge < -0.3 is 18.9 Å². The summed E-state index contributed by atoms with van der Waals surface area (Å²) in [4.78, 5) is 22.9. The molecule has 8 nitrogen and oxygen atoms in total. The number of phosphoric ester groups is 1. The Kier molecular flexibility index (Phi) is 39.5. The first-order chi connectivity index (χ1) is 26.6. The molecule has 0 rings (SSSR count). The monoisotopic (exact) mass is 803 g/mol. The van der Waals surface area contributed by atoms with Crippen LogP contribution in [0.5, 0.6) is 0 Å². The number of nitrogens with zero attached hydrogens (tertiary/aromatic N) is 1. The van der Waals surface area contributed by atoms with E-state index in [1.165, 1.54) is 167 Å². The highest BCUT2D eigenvalue weighted by Crippen LogP contribution is 2.43. The SMILES string of the molecule is CCCCC/C=C\CCCCCCCCOCC(COP(=O)(O)OCC[N+](C)(C)C)OC(=O)CCCCCCCCCCCCCCCCCCCCCC. The molecule has 0 aromatic carbocycles. The summed E-state index contributed by atoms with van der Waals surface area (Å²) in [6, 6.07) is 0. The Bertz CT molecular complexity index is 894. The third-order valence-electron chi connectivity index (χ3n) is 10.3. The summed E-state index contributed by atoms with van der Waals surface area (Å²) in [5, 5.41) is 0. The zero-order chi connectivity index (χ0) is 40.6. The molecule has 0 bridgehead atoms. The van der Waals surface area contributed by atoms with Crippen molar-refractivity contribution < 1.29 is 37.3 Å². The Balaban J connectivity index is 4.13. The number of esters is 1. The number of quaternary nitrogens is 1. The van der Waals surface area contributed by atoms with E-state index in [1.807, 2.05) is 21.1 Å². The van der Waals surface area contributed by atoms with Gasteiger partial charge in [0.05, 0.1) is 34.4 Å². The Labute approximate surface area is 341 Å². The second kappa shape index (κ2) is 40.0. The lowest BCUT2D eigenvalue weighted by Crippen LogP contribution is -2.37. The van der Waals surface area contributed by atoms with E-state index in [2.05, 4.69) is 26.0 Å². The molecule has 9 heteroatoms. The smallest absolute Gasteiger partial charge is 0.457 e. The molecule has 0 fully saturated rings. The highest BCUT2D eigenvalue weighted by molar-refractivity contribution is 7.47. The zero-order valence-electron chi connectivity index (χ0n) is 37.2. The number of carbonyl (C=O) groups is 1. The minimum absolute atomic E-state index is 0.0907. The molecule has 0 heterocycles. The van der Waals surface area contributed by atoms with E-state index < -0.39 is 13.9 Å². The lowest BCUT2D eigenvalue weighted by atomic mass is 10.0. The average Bonchev–Trinajstić information content (AvgIpc) is 3.13. The lowest BCUT2D eigenvalue weighted by Gasteiger charge is -2.24. The van der Waals surface area contributed by atoms with Crippen LogP contribution in [0.4, 0.5) is 0 Å². The maximum absolute atomic E-state index is 12.7. The van der Waals surface area contributed by atoms with Crippen molar-refractivity contribution in [3.05, 3.63) is 12.2 Å². The number of hydrogen-bond donors (Lipinski definition) is 1. The molecule has 0 saturated carbocycles. The summed E-state index contributed by atoms with van der Waals surface area (Å²) in [6.45, 7) is 5.63. The van der Waals surface area contributed by atoms with Crippen LogP contribution in [-0.2, 0) is 27.9 Å². The van der Waals surface area contributed by atoms with Gasteiger partial charge in [-0.05, 0) is 38.5 Å². The Morgan fingerprint density at radius 3 is 1.42 bits per heavy atom. The molecule has 0 amide bonds. The van der Waals surface area contributed by atoms with Crippen LogP contribution in [0.2, 0.25) is 0 Å². The lowest BCUT2D eigenvalue weighted by molar-refractivity contribution is -0.870. The molecular formula is C46H93NO7P+. The van der Waals surface area contributed by atoms with Gasteiger partial charge in [-0.25, -0.2) is 4.57 Å². The summed E-state index contributed by atoms with van der Waals surface area (Å²) in [6.07, 6.45) is 43.9. The zero-order valence-corrected chi connectivity index (χ0v) is 38.1. The summed E-state index contributed by atoms with van der Waals surface area (Å²) < 4.78 is 35.0. The molecule has 0 spiro atoms. The number of carbonyl (C=O) groups excluding carboxylic acids is 1. The predicted molar refractivity (Wildman–Crippen MR) is 234 cm³/mol. The van der Waals surface area contributed by atoms with Crippen LogP contribution in [0, 0.1) is 0 Å². The van der Waals surface area contributed by atoms with Gasteiger partial charge in [0.1, 0.15) is 19.3 Å². The highest BCUT2D eigenvalue weighted by Gasteiger charge is 2.26. The fourth-order valence-electron chi connectivity index (χ4n) is 6.67. The van der Waals surface area contributed by atoms with E-state index in [4.69, 9.17) is 18.5 Å². The largest absolute Gasteiger partial charge is 0.472 e. The molecule has 0 aliphatic heterocycles. The van der Waals surface area contributed by atoms with Gasteiger partial charge in [-0.2, -0.15) is 0 Å². The summed E-state index contributed by atoms with van der Waals surface area (Å²) in [5.41, 5.74) is 0. The van der Waals surface area contributed by atoms with Gasteiger partial charge in [0.25, 0.3) is 0 Å². The number of allylic oxidation sites excluding steroid dienone is 2. The van der Waals surface area contributed by atoms with Crippen molar-refractivity contribution in [2.24, 2.45) is 0 Å². The maximum atomic E-state index is 12.7. The van der Waals surface area contributed by atoms with E-state index in [1.54, 1.807) is 0 Å². The van der Waals surface area contributed by atoms with Crippen LogP contribution in [0.25, 0.3) is 0 Å². The van der Waals surface area contributed by atoms with Crippen molar-refractivity contribution in [2.45, 2.75) is 225 Å². The normalized spacial score (nSPS) is 13.8. The third-order valence-corrected chi connectivity index (χ3v) is 11.3. The van der Waals surface area contributed by atoms with Crippen LogP contribution < -0.4 is 0 Å². The van der Waals surface area contributed by atoms with Crippen molar-refractivity contribution >= 4 is 13.8 Å². The van der Waals surface area contributed by atoms with Gasteiger partial charge in [0.2, 0.25) is 0 Å². The highest BCUT2D eigenvalue weighted by atomic mass is 31.2. The molecule has 0 aromatic heterocycles. The van der Waals surface area contributed by atoms with Gasteiger partial charge in [-0.15, -0.1) is 0 Å². The van der Waals surface area contributed by atoms with E-state index in [9.17, 15) is 14.3 Å². The second-order valence-corrected chi connectivity index (χ2v) is 18.6. The molecular weight excluding hydrogens is 709 g/mol. The van der Waals surface area contributed by atoms with Crippen LogP contribution in [-0.4, -0.2) is 75.6 Å². The van der Waals surface area contributed by atoms with E-state index >= 15 is 0 Å². The van der Waals surface area contributed by atoms with Crippen LogP contribution in [0.1, 0.15) is 219 Å². The Hall–Kier alpha value is -0.760. The van der Waals surface area contributed by atoms with Crippen molar-refractivity contribution in [1.29, 1.82) is 0 Å². The molecule has 0 radical (unpaired) electrons. The van der Waals surface area contributed by atoms with Crippen molar-refractivity contribution in [3.63, 3.8) is 0 Å². The Morgan fingerprint density at radius 2 is 0.945 bits per heavy atom. The Morgan fingerprint density at radius 1 is 0.545 bits per heavy atom. The number of unbranched alkanes of at least 4 members (excludes halogenated alkanes) is 28. The number of likely N-dealkylation sites (N-methyl/N-ethyl adjacent to an activating group) is 1. The quantitative estimate of drug-likeness (QED) is 0.0216. The summed E-state index contributed by atoms with van der Waals surface area (Å²) in [5.74, 6) is -0.311. The molecule has 0 saturated heterocycles. The first-order valence-corrected chi connectivity index (χ1v) is 24.9. The van der Waals surface area contributed by atoms with Crippen LogP contribution in [0.3, 0.4) is 0 Å². The van der Waals surface area contributed by atoms with Crippen LogP contribution in [0.15, 0.2) is 12.2 Å². The van der Waals surface area contributed by atoms with E-state index in [0.717, 1.165) is 32.1 Å². The fraction of sp³-hybridized carbons (Fsp3) is 0.935. The van der Waals surface area contributed by atoms with Gasteiger partial charge in [-0.3, -0.25) is 13.8 Å². The maximum Gasteiger partial charge on any atom is 0.472 e. The summed E-state index contributed by atoms with van der Waals surface area (Å²) >= 11 is 0. The average molecular weight is 803 g/mol. The molecule has 0 aliphatic rings. The molecule has 0 aliphatic carbocycles. The molecule has 2 unspecified atom stereocenters. The number of rotatable bonds is 44. The number of ether oxygens (including phenoxy) is 2. The first kappa shape index (κ1) is 54.2. The molecule has 2 atom stereocenters. The van der Waals surface area contributed by atoms with Crippen molar-refractivity contribution in [2.75, 3.05) is 54.1 Å². The minimum atomic E-state index is -4.27. The van der Waals surface area contributed by atoms with Crippen LogP contribution >= 0.6 is 7.82 Å². The topological polar surface area (TPSA) is 91.3 Å². The second-order valence-electron chi connectivity index (χ2n) is 17.1. The van der Waals surface area contributed by atoms with Gasteiger partial charge >= 0.3 is 13.8 Å². The number of phosphoric acid groups is 1. The standard InChI is InChI=1S/C46H92NO7P/c1-6-8-10-12-14-16-18-20-21-22-23-24-25-26-27-29-31-33-35-37-39-46(48)54-45(44-53-55(49,50)52-42-40-47(3,4)5)43-51-41-38-36-34-32-30-28-19-17-15-13-11-9-7-2/h15,17,45H,6-14,16,18-44H2,1-5H3/p+1/b17-15-. The predicted octanol–water partition coefficient (Wildman–Crippen LogP) is 13.8. The molecule has 0 aromatic rings. The van der Waals surface area contributed by atoms with Gasteiger partial charge in [0, 0.05) is 13.0 Å². The summed E-state index contributed by atoms with van der Waals surface area (Å²) in [7, 11) is 1.68. The molecule has 55 heavy (non-hydrogen) atoms. The third kappa shape index (κ3) is 44.2. The van der Waals surface area contributed by atoms with Gasteiger partial charge in [0.15, 0.2) is 0 Å². The fourth-order valence-corrected chi connectivity index (χ4v) is 7.41. The first-order valence-electron chi connectivity index (χ1n) is 23.4. The van der Waals surface area contributed by atoms with Crippen molar-refractivity contribution in [1.82, 2.24) is 0 Å².